The lowest BCUT2D eigenvalue weighted by molar-refractivity contribution is 0.158. The molecule has 6 heteroatoms. The van der Waals surface area contributed by atoms with Gasteiger partial charge in [-0.1, -0.05) is 28.1 Å². The summed E-state index contributed by atoms with van der Waals surface area (Å²) in [6.45, 7) is 3.84. The fourth-order valence-electron chi connectivity index (χ4n) is 2.05. The number of ether oxygens (including phenoxy) is 1. The summed E-state index contributed by atoms with van der Waals surface area (Å²) < 4.78 is 6.22. The van der Waals surface area contributed by atoms with E-state index in [1.54, 1.807) is 0 Å². The molecule has 0 amide bonds. The molecule has 0 atom stereocenters. The summed E-state index contributed by atoms with van der Waals surface area (Å²) in [5.74, 6) is 0.852. The molecular formula is C16H17BrN4O. The van der Waals surface area contributed by atoms with Crippen LogP contribution in [-0.2, 0) is 4.74 Å². The first-order chi connectivity index (χ1) is 10.7. The van der Waals surface area contributed by atoms with E-state index < -0.39 is 0 Å². The second-order valence-electron chi connectivity index (χ2n) is 4.56. The average molecular weight is 361 g/mol. The molecule has 22 heavy (non-hydrogen) atoms. The maximum atomic E-state index is 9.34. The smallest absolute Gasteiger partial charge is 0.144 e. The molecule has 0 aliphatic heterocycles. The van der Waals surface area contributed by atoms with Crippen LogP contribution in [0.1, 0.15) is 12.5 Å². The van der Waals surface area contributed by atoms with Crippen molar-refractivity contribution in [2.75, 3.05) is 30.8 Å². The molecule has 0 bridgehead atoms. The maximum absolute atomic E-state index is 9.34. The number of nitrogens with one attached hydrogen (secondary N) is 1. The molecule has 1 heterocycles. The number of nitrogens with zero attached hydrogens (tertiary/aromatic N) is 2. The van der Waals surface area contributed by atoms with Crippen molar-refractivity contribution in [3.8, 4) is 17.2 Å². The number of hydrogen-bond donors (Lipinski definition) is 2. The Hall–Kier alpha value is -2.10. The Morgan fingerprint density at radius 2 is 2.23 bits per heavy atom. The zero-order valence-corrected chi connectivity index (χ0v) is 13.9. The van der Waals surface area contributed by atoms with Gasteiger partial charge in [0.2, 0.25) is 0 Å². The first kappa shape index (κ1) is 16.3. The minimum Gasteiger partial charge on any atom is -0.383 e. The molecule has 0 aliphatic carbocycles. The van der Waals surface area contributed by atoms with Crippen molar-refractivity contribution in [3.05, 3.63) is 40.4 Å². The van der Waals surface area contributed by atoms with E-state index in [4.69, 9.17) is 10.5 Å². The summed E-state index contributed by atoms with van der Waals surface area (Å²) in [5, 5.41) is 12.5. The van der Waals surface area contributed by atoms with Crippen molar-refractivity contribution < 1.29 is 4.74 Å². The molecule has 0 saturated heterocycles. The largest absolute Gasteiger partial charge is 0.383 e. The van der Waals surface area contributed by atoms with E-state index in [-0.39, 0.29) is 5.82 Å². The Morgan fingerprint density at radius 3 is 2.91 bits per heavy atom. The molecule has 0 fully saturated rings. The summed E-state index contributed by atoms with van der Waals surface area (Å²) >= 11 is 3.44. The molecule has 5 nitrogen and oxygen atoms in total. The molecular weight excluding hydrogens is 344 g/mol. The number of nitrogens with two attached hydrogens (primary N) is 1. The molecule has 0 aliphatic rings. The SMILES string of the molecule is CCOCCNc1cc(-c2cccc(Br)c2)c(C#N)c(N)n1. The van der Waals surface area contributed by atoms with Gasteiger partial charge < -0.3 is 15.8 Å². The highest BCUT2D eigenvalue weighted by Crippen LogP contribution is 2.30. The summed E-state index contributed by atoms with van der Waals surface area (Å²) in [7, 11) is 0. The second kappa shape index (κ2) is 7.78. The highest BCUT2D eigenvalue weighted by Gasteiger charge is 2.12. The molecule has 2 rings (SSSR count). The third kappa shape index (κ3) is 3.97. The number of hydrogen-bond acceptors (Lipinski definition) is 5. The van der Waals surface area contributed by atoms with Crippen LogP contribution in [0.5, 0.6) is 0 Å². The minimum absolute atomic E-state index is 0.221. The van der Waals surface area contributed by atoms with Gasteiger partial charge in [-0.2, -0.15) is 5.26 Å². The van der Waals surface area contributed by atoms with Crippen molar-refractivity contribution in [2.24, 2.45) is 0 Å². The van der Waals surface area contributed by atoms with Crippen LogP contribution in [0.3, 0.4) is 0 Å². The van der Waals surface area contributed by atoms with E-state index >= 15 is 0 Å². The number of rotatable bonds is 6. The highest BCUT2D eigenvalue weighted by atomic mass is 79.9. The van der Waals surface area contributed by atoms with Crippen molar-refractivity contribution in [1.82, 2.24) is 4.98 Å². The minimum atomic E-state index is 0.221. The molecule has 0 radical (unpaired) electrons. The lowest BCUT2D eigenvalue weighted by atomic mass is 10.0. The molecule has 114 valence electrons. The van der Waals surface area contributed by atoms with Crippen LogP contribution in [0.4, 0.5) is 11.6 Å². The molecule has 1 aromatic carbocycles. The van der Waals surface area contributed by atoms with E-state index in [9.17, 15) is 5.26 Å². The summed E-state index contributed by atoms with van der Waals surface area (Å²) in [4.78, 5) is 4.23. The van der Waals surface area contributed by atoms with Gasteiger partial charge >= 0.3 is 0 Å². The molecule has 0 spiro atoms. The topological polar surface area (TPSA) is 84.0 Å². The van der Waals surface area contributed by atoms with E-state index in [0.29, 0.717) is 31.1 Å². The predicted octanol–water partition coefficient (Wildman–Crippen LogP) is 3.41. The monoisotopic (exact) mass is 360 g/mol. The van der Waals surface area contributed by atoms with Crippen LogP contribution >= 0.6 is 15.9 Å². The molecule has 1 aromatic heterocycles. The van der Waals surface area contributed by atoms with Crippen LogP contribution < -0.4 is 11.1 Å². The third-order valence-corrected chi connectivity index (χ3v) is 3.54. The summed E-state index contributed by atoms with van der Waals surface area (Å²) in [6.07, 6.45) is 0. The quantitative estimate of drug-likeness (QED) is 0.771. The van der Waals surface area contributed by atoms with Gasteiger partial charge in [0, 0.05) is 23.2 Å². The fraction of sp³-hybridized carbons (Fsp3) is 0.250. The Bertz CT molecular complexity index is 697. The number of pyridine rings is 1. The van der Waals surface area contributed by atoms with Crippen LogP contribution in [0.15, 0.2) is 34.8 Å². The van der Waals surface area contributed by atoms with E-state index in [0.717, 1.165) is 15.6 Å². The number of nitrogen functional groups attached to an aromatic ring is 1. The van der Waals surface area contributed by atoms with Gasteiger partial charge in [-0.3, -0.25) is 0 Å². The van der Waals surface area contributed by atoms with E-state index in [1.165, 1.54) is 0 Å². The fourth-order valence-corrected chi connectivity index (χ4v) is 2.45. The van der Waals surface area contributed by atoms with Gasteiger partial charge in [-0.05, 0) is 30.7 Å². The standard InChI is InChI=1S/C16H17BrN4O/c1-2-22-7-6-20-15-9-13(14(10-18)16(19)21-15)11-4-3-5-12(17)8-11/h3-5,8-9H,2,6-7H2,1H3,(H3,19,20,21). The number of benzene rings is 1. The lowest BCUT2D eigenvalue weighted by Gasteiger charge is -2.12. The van der Waals surface area contributed by atoms with Crippen molar-refractivity contribution >= 4 is 27.6 Å². The normalized spacial score (nSPS) is 10.2. The molecule has 3 N–H and O–H groups in total. The maximum Gasteiger partial charge on any atom is 0.144 e. The van der Waals surface area contributed by atoms with E-state index in [1.807, 2.05) is 37.3 Å². The van der Waals surface area contributed by atoms with Crippen molar-refractivity contribution in [2.45, 2.75) is 6.92 Å². The van der Waals surface area contributed by atoms with Gasteiger partial charge in [-0.25, -0.2) is 4.98 Å². The van der Waals surface area contributed by atoms with Gasteiger partial charge in [0.15, 0.2) is 0 Å². The second-order valence-corrected chi connectivity index (χ2v) is 5.48. The summed E-state index contributed by atoms with van der Waals surface area (Å²) in [5.41, 5.74) is 7.97. The van der Waals surface area contributed by atoms with Gasteiger partial charge in [0.05, 0.1) is 6.61 Å². The highest BCUT2D eigenvalue weighted by molar-refractivity contribution is 9.10. The third-order valence-electron chi connectivity index (χ3n) is 3.05. The Morgan fingerprint density at radius 1 is 1.41 bits per heavy atom. The molecule has 2 aromatic rings. The first-order valence-electron chi connectivity index (χ1n) is 6.94. The van der Waals surface area contributed by atoms with Crippen molar-refractivity contribution in [3.63, 3.8) is 0 Å². The predicted molar refractivity (Wildman–Crippen MR) is 91.5 cm³/mol. The van der Waals surface area contributed by atoms with E-state index in [2.05, 4.69) is 32.3 Å². The Balaban J connectivity index is 2.35. The number of halogens is 1. The van der Waals surface area contributed by atoms with Gasteiger partial charge in [-0.15, -0.1) is 0 Å². The van der Waals surface area contributed by atoms with Crippen molar-refractivity contribution in [1.29, 1.82) is 5.26 Å². The zero-order chi connectivity index (χ0) is 15.9. The van der Waals surface area contributed by atoms with Crippen LogP contribution in [0, 0.1) is 11.3 Å². The van der Waals surface area contributed by atoms with Crippen LogP contribution in [0.25, 0.3) is 11.1 Å². The van der Waals surface area contributed by atoms with Gasteiger partial charge in [0.25, 0.3) is 0 Å². The summed E-state index contributed by atoms with van der Waals surface area (Å²) in [6, 6.07) is 11.7. The molecule has 0 unspecified atom stereocenters. The lowest BCUT2D eigenvalue weighted by Crippen LogP contribution is -2.11. The number of anilines is 2. The number of aromatic nitrogens is 1. The Labute approximate surface area is 138 Å². The molecule has 0 saturated carbocycles. The van der Waals surface area contributed by atoms with Crippen LogP contribution in [-0.4, -0.2) is 24.7 Å². The Kier molecular flexibility index (Phi) is 5.75. The number of nitriles is 1. The van der Waals surface area contributed by atoms with Gasteiger partial charge in [0.1, 0.15) is 23.3 Å². The average Bonchev–Trinajstić information content (AvgIpc) is 2.51. The van der Waals surface area contributed by atoms with Crippen LogP contribution in [0.2, 0.25) is 0 Å². The zero-order valence-electron chi connectivity index (χ0n) is 12.3. The first-order valence-corrected chi connectivity index (χ1v) is 7.73.